The largest absolute Gasteiger partial charge is 0.444 e. The van der Waals surface area contributed by atoms with Crippen molar-refractivity contribution < 1.29 is 19.1 Å². The van der Waals surface area contributed by atoms with E-state index < -0.39 is 6.09 Å². The average Bonchev–Trinajstić information content (AvgIpc) is 2.98. The normalized spacial score (nSPS) is 13.5. The Balaban J connectivity index is 0.00000462. The lowest BCUT2D eigenvalue weighted by Gasteiger charge is -2.35. The van der Waals surface area contributed by atoms with Gasteiger partial charge in [-0.3, -0.25) is 14.6 Å². The molecule has 1 fully saturated rings. The minimum atomic E-state index is -0.454. The first-order valence-corrected chi connectivity index (χ1v) is 14.2. The number of benzene rings is 3. The van der Waals surface area contributed by atoms with Crippen LogP contribution in [0.1, 0.15) is 35.3 Å². The maximum Gasteiger partial charge on any atom is 0.414 e. The third-order valence-corrected chi connectivity index (χ3v) is 7.16. The molecule has 0 aliphatic carbocycles. The molecule has 220 valence electrons. The van der Waals surface area contributed by atoms with Gasteiger partial charge in [0, 0.05) is 49.0 Å². The van der Waals surface area contributed by atoms with E-state index in [1.165, 1.54) is 5.56 Å². The van der Waals surface area contributed by atoms with Crippen LogP contribution in [0.25, 0.3) is 0 Å². The predicted molar refractivity (Wildman–Crippen MR) is 166 cm³/mol. The van der Waals surface area contributed by atoms with Gasteiger partial charge in [-0.2, -0.15) is 0 Å². The molecule has 0 N–H and O–H groups in total. The Bertz CT molecular complexity index is 1220. The molecule has 0 aromatic heterocycles. The third-order valence-electron chi connectivity index (χ3n) is 6.91. The lowest BCUT2D eigenvalue weighted by molar-refractivity contribution is 0.0638. The van der Waals surface area contributed by atoms with Gasteiger partial charge < -0.3 is 14.4 Å². The van der Waals surface area contributed by atoms with Crippen molar-refractivity contribution >= 4 is 41.7 Å². The molecule has 1 saturated heterocycles. The first-order valence-electron chi connectivity index (χ1n) is 13.8. The Kier molecular flexibility index (Phi) is 12.9. The summed E-state index contributed by atoms with van der Waals surface area (Å²) in [7, 11) is 0. The van der Waals surface area contributed by atoms with Crippen molar-refractivity contribution in [1.29, 1.82) is 0 Å². The number of hydrogen-bond acceptors (Lipinski definition) is 5. The highest BCUT2D eigenvalue weighted by Gasteiger charge is 2.23. The van der Waals surface area contributed by atoms with Crippen LogP contribution >= 0.6 is 24.0 Å². The second kappa shape index (κ2) is 16.4. The van der Waals surface area contributed by atoms with Crippen LogP contribution in [0, 0.1) is 0 Å². The summed E-state index contributed by atoms with van der Waals surface area (Å²) in [5.74, 6) is 0.00486. The molecule has 0 unspecified atom stereocenters. The Morgan fingerprint density at radius 2 is 1.54 bits per heavy atom. The van der Waals surface area contributed by atoms with Gasteiger partial charge in [0.25, 0.3) is 5.91 Å². The summed E-state index contributed by atoms with van der Waals surface area (Å²) in [4.78, 5) is 32.1. The van der Waals surface area contributed by atoms with E-state index in [1.807, 2.05) is 61.2 Å². The summed E-state index contributed by atoms with van der Waals surface area (Å²) in [5.41, 5.74) is 3.44. The SMILES string of the molecule is CC(C)OCCN(C(=O)OCc1ccccc1)c1ccc(C(=O)N2CCN(CCc3ccc(Cl)cc3)CC2)cc1.Cl. The molecule has 1 aliphatic rings. The molecule has 1 heterocycles. The number of hydrogen-bond donors (Lipinski definition) is 0. The second-order valence-corrected chi connectivity index (χ2v) is 10.6. The van der Waals surface area contributed by atoms with Crippen molar-refractivity contribution in [3.8, 4) is 0 Å². The zero-order valence-corrected chi connectivity index (χ0v) is 25.3. The molecule has 1 aliphatic heterocycles. The van der Waals surface area contributed by atoms with E-state index in [1.54, 1.807) is 29.2 Å². The molecule has 7 nitrogen and oxygen atoms in total. The molecule has 3 aromatic rings. The van der Waals surface area contributed by atoms with Crippen LogP contribution < -0.4 is 4.90 Å². The van der Waals surface area contributed by atoms with E-state index in [4.69, 9.17) is 21.1 Å². The first-order chi connectivity index (χ1) is 19.4. The summed E-state index contributed by atoms with van der Waals surface area (Å²) in [6, 6.07) is 24.7. The number of amides is 2. The molecule has 0 saturated carbocycles. The number of ether oxygens (including phenoxy) is 2. The van der Waals surface area contributed by atoms with E-state index in [0.29, 0.717) is 37.5 Å². The van der Waals surface area contributed by atoms with Crippen LogP contribution in [0.2, 0.25) is 5.02 Å². The molecule has 0 radical (unpaired) electrons. The molecule has 9 heteroatoms. The zero-order valence-electron chi connectivity index (χ0n) is 23.7. The molecule has 0 bridgehead atoms. The van der Waals surface area contributed by atoms with Gasteiger partial charge in [-0.25, -0.2) is 4.79 Å². The molecule has 41 heavy (non-hydrogen) atoms. The molecule has 0 atom stereocenters. The number of halogens is 2. The number of anilines is 1. The topological polar surface area (TPSA) is 62.3 Å². The Morgan fingerprint density at radius 1 is 0.878 bits per heavy atom. The van der Waals surface area contributed by atoms with Crippen molar-refractivity contribution in [3.63, 3.8) is 0 Å². The fraction of sp³-hybridized carbons (Fsp3) is 0.375. The highest BCUT2D eigenvalue weighted by Crippen LogP contribution is 2.19. The maximum absolute atomic E-state index is 13.2. The third kappa shape index (κ3) is 10.0. The zero-order chi connectivity index (χ0) is 28.3. The monoisotopic (exact) mass is 599 g/mol. The fourth-order valence-corrected chi connectivity index (χ4v) is 4.71. The van der Waals surface area contributed by atoms with Gasteiger partial charge in [0.05, 0.1) is 19.3 Å². The molecule has 3 aromatic carbocycles. The Labute approximate surface area is 254 Å². The van der Waals surface area contributed by atoms with Crippen LogP contribution in [-0.4, -0.2) is 73.8 Å². The van der Waals surface area contributed by atoms with Crippen molar-refractivity contribution in [1.82, 2.24) is 9.80 Å². The Morgan fingerprint density at radius 3 is 2.17 bits per heavy atom. The van der Waals surface area contributed by atoms with Gasteiger partial charge in [0.2, 0.25) is 0 Å². The minimum absolute atomic E-state index is 0. The lowest BCUT2D eigenvalue weighted by Crippen LogP contribution is -2.49. The lowest BCUT2D eigenvalue weighted by atomic mass is 10.1. The van der Waals surface area contributed by atoms with Crippen molar-refractivity contribution in [2.24, 2.45) is 0 Å². The van der Waals surface area contributed by atoms with Crippen molar-refractivity contribution in [3.05, 3.63) is 101 Å². The average molecular weight is 601 g/mol. The number of piperazine rings is 1. The van der Waals surface area contributed by atoms with Crippen molar-refractivity contribution in [2.75, 3.05) is 50.8 Å². The molecular formula is C32H39Cl2N3O4. The highest BCUT2D eigenvalue weighted by atomic mass is 35.5. The molecule has 4 rings (SSSR count). The van der Waals surface area contributed by atoms with E-state index in [9.17, 15) is 9.59 Å². The highest BCUT2D eigenvalue weighted by molar-refractivity contribution is 6.30. The van der Waals surface area contributed by atoms with Crippen LogP contribution in [-0.2, 0) is 22.5 Å². The maximum atomic E-state index is 13.2. The predicted octanol–water partition coefficient (Wildman–Crippen LogP) is 6.33. The van der Waals surface area contributed by atoms with E-state index in [-0.39, 0.29) is 31.0 Å². The number of carbonyl (C=O) groups excluding carboxylic acids is 2. The summed E-state index contributed by atoms with van der Waals surface area (Å²) < 4.78 is 11.3. The van der Waals surface area contributed by atoms with Crippen molar-refractivity contribution in [2.45, 2.75) is 33.0 Å². The smallest absolute Gasteiger partial charge is 0.414 e. The van der Waals surface area contributed by atoms with Gasteiger partial charge in [-0.1, -0.05) is 54.1 Å². The standard InChI is InChI=1S/C32H38ClN3O4.ClH/c1-25(2)39-23-22-36(32(38)40-24-27-6-4-3-5-7-27)30-14-10-28(11-15-30)31(37)35-20-18-34(19-21-35)17-16-26-8-12-29(33)13-9-26;/h3-15,25H,16-24H2,1-2H3;1H. The van der Waals surface area contributed by atoms with Gasteiger partial charge in [-0.05, 0) is 67.8 Å². The second-order valence-electron chi connectivity index (χ2n) is 10.2. The quantitative estimate of drug-likeness (QED) is 0.258. The van der Waals surface area contributed by atoms with Gasteiger partial charge in [0.15, 0.2) is 0 Å². The Hall–Kier alpha value is -3.10. The van der Waals surface area contributed by atoms with Crippen LogP contribution in [0.15, 0.2) is 78.9 Å². The summed E-state index contributed by atoms with van der Waals surface area (Å²) in [6.45, 7) is 8.83. The van der Waals surface area contributed by atoms with E-state index >= 15 is 0 Å². The van der Waals surface area contributed by atoms with Crippen LogP contribution in [0.4, 0.5) is 10.5 Å². The summed E-state index contributed by atoms with van der Waals surface area (Å²) in [6.07, 6.45) is 0.559. The summed E-state index contributed by atoms with van der Waals surface area (Å²) in [5, 5.41) is 0.750. The van der Waals surface area contributed by atoms with Gasteiger partial charge in [-0.15, -0.1) is 12.4 Å². The minimum Gasteiger partial charge on any atom is -0.444 e. The first kappa shape index (κ1) is 32.4. The molecule has 2 amide bonds. The van der Waals surface area contributed by atoms with Gasteiger partial charge >= 0.3 is 6.09 Å². The number of rotatable bonds is 11. The molecule has 0 spiro atoms. The number of nitrogens with zero attached hydrogens (tertiary/aromatic N) is 3. The summed E-state index contributed by atoms with van der Waals surface area (Å²) >= 11 is 5.98. The van der Waals surface area contributed by atoms with E-state index in [0.717, 1.165) is 36.6 Å². The van der Waals surface area contributed by atoms with Crippen LogP contribution in [0.5, 0.6) is 0 Å². The van der Waals surface area contributed by atoms with Gasteiger partial charge in [0.1, 0.15) is 6.61 Å². The van der Waals surface area contributed by atoms with Crippen LogP contribution in [0.3, 0.4) is 0 Å². The van der Waals surface area contributed by atoms with E-state index in [2.05, 4.69) is 17.0 Å². The molecular weight excluding hydrogens is 561 g/mol. The fourth-order valence-electron chi connectivity index (χ4n) is 4.58. The number of carbonyl (C=O) groups is 2.